The molecular weight excluding hydrogens is 428 g/mol. The summed E-state index contributed by atoms with van der Waals surface area (Å²) in [6.45, 7) is 4.29. The lowest BCUT2D eigenvalue weighted by Gasteiger charge is -2.43. The number of carbonyl (C=O) groups excluding carboxylic acids is 2. The molecule has 5 rings (SSSR count). The Bertz CT molecular complexity index is 994. The molecule has 1 aliphatic heterocycles. The van der Waals surface area contributed by atoms with E-state index in [1.807, 2.05) is 4.90 Å². The number of nitrogens with zero attached hydrogens (tertiary/aromatic N) is 3. The SMILES string of the molecule is COc1cc(N2CCN(C(=O)[C@@H]3CCCC[C@H]3C(=O)NC3(C#N)CC3)[C@H](C)C2)ccc1C1CC1. The van der Waals surface area contributed by atoms with Crippen molar-refractivity contribution in [3.05, 3.63) is 23.8 Å². The highest BCUT2D eigenvalue weighted by Crippen LogP contribution is 2.45. The van der Waals surface area contributed by atoms with Crippen LogP contribution in [0.4, 0.5) is 5.69 Å². The van der Waals surface area contributed by atoms with Crippen molar-refractivity contribution in [2.24, 2.45) is 11.8 Å². The van der Waals surface area contributed by atoms with Crippen molar-refractivity contribution >= 4 is 17.5 Å². The van der Waals surface area contributed by atoms with Crippen LogP contribution in [-0.4, -0.2) is 55.0 Å². The van der Waals surface area contributed by atoms with E-state index in [0.717, 1.165) is 50.2 Å². The Morgan fingerprint density at radius 1 is 1.12 bits per heavy atom. The molecular formula is C27H36N4O3. The van der Waals surface area contributed by atoms with Crippen LogP contribution in [0.25, 0.3) is 0 Å². The maximum Gasteiger partial charge on any atom is 0.226 e. The topological polar surface area (TPSA) is 85.7 Å². The molecule has 1 heterocycles. The highest BCUT2D eigenvalue weighted by molar-refractivity contribution is 5.89. The molecule has 0 radical (unpaired) electrons. The Hall–Kier alpha value is -2.75. The van der Waals surface area contributed by atoms with Gasteiger partial charge in [-0.15, -0.1) is 0 Å². The van der Waals surface area contributed by atoms with Crippen molar-refractivity contribution in [3.63, 3.8) is 0 Å². The van der Waals surface area contributed by atoms with Gasteiger partial charge in [-0.1, -0.05) is 18.9 Å². The lowest BCUT2D eigenvalue weighted by molar-refractivity contribution is -0.145. The summed E-state index contributed by atoms with van der Waals surface area (Å²) in [5.74, 6) is 1.00. The maximum atomic E-state index is 13.6. The van der Waals surface area contributed by atoms with Gasteiger partial charge in [0.25, 0.3) is 0 Å². The Labute approximate surface area is 202 Å². The predicted molar refractivity (Wildman–Crippen MR) is 130 cm³/mol. The van der Waals surface area contributed by atoms with E-state index in [1.54, 1.807) is 7.11 Å². The number of ether oxygens (including phenoxy) is 1. The molecule has 1 aromatic rings. The van der Waals surface area contributed by atoms with Crippen LogP contribution in [0.2, 0.25) is 0 Å². The minimum atomic E-state index is -0.683. The van der Waals surface area contributed by atoms with E-state index in [0.29, 0.717) is 25.3 Å². The predicted octanol–water partition coefficient (Wildman–Crippen LogP) is 3.59. The van der Waals surface area contributed by atoms with Gasteiger partial charge in [0.2, 0.25) is 11.8 Å². The van der Waals surface area contributed by atoms with Gasteiger partial charge in [-0.2, -0.15) is 5.26 Å². The van der Waals surface area contributed by atoms with Crippen LogP contribution in [0.3, 0.4) is 0 Å². The van der Waals surface area contributed by atoms with E-state index < -0.39 is 5.54 Å². The van der Waals surface area contributed by atoms with Crippen LogP contribution < -0.4 is 15.0 Å². The quantitative estimate of drug-likeness (QED) is 0.695. The summed E-state index contributed by atoms with van der Waals surface area (Å²) in [4.78, 5) is 31.0. The maximum absolute atomic E-state index is 13.6. The van der Waals surface area contributed by atoms with Gasteiger partial charge < -0.3 is 19.9 Å². The molecule has 0 bridgehead atoms. The molecule has 182 valence electrons. The molecule has 7 heteroatoms. The Balaban J connectivity index is 1.24. The van der Waals surface area contributed by atoms with Gasteiger partial charge in [-0.3, -0.25) is 9.59 Å². The molecule has 1 aromatic carbocycles. The first-order valence-corrected chi connectivity index (χ1v) is 12.9. The second-order valence-electron chi connectivity index (χ2n) is 10.7. The number of nitriles is 1. The van der Waals surface area contributed by atoms with Crippen LogP contribution in [0.5, 0.6) is 5.75 Å². The van der Waals surface area contributed by atoms with Gasteiger partial charge in [-0.25, -0.2) is 0 Å². The van der Waals surface area contributed by atoms with E-state index in [4.69, 9.17) is 4.74 Å². The van der Waals surface area contributed by atoms with Gasteiger partial charge in [0.1, 0.15) is 11.3 Å². The minimum Gasteiger partial charge on any atom is -0.496 e. The number of benzene rings is 1. The number of carbonyl (C=O) groups is 2. The monoisotopic (exact) mass is 464 g/mol. The zero-order valence-corrected chi connectivity index (χ0v) is 20.4. The highest BCUT2D eigenvalue weighted by atomic mass is 16.5. The third kappa shape index (κ3) is 4.47. The molecule has 34 heavy (non-hydrogen) atoms. The van der Waals surface area contributed by atoms with Gasteiger partial charge in [-0.05, 0) is 63.0 Å². The normalized spacial score (nSPS) is 28.1. The zero-order valence-electron chi connectivity index (χ0n) is 20.4. The third-order valence-corrected chi connectivity index (χ3v) is 8.26. The molecule has 3 saturated carbocycles. The second-order valence-corrected chi connectivity index (χ2v) is 10.7. The van der Waals surface area contributed by atoms with E-state index in [-0.39, 0.29) is 29.7 Å². The third-order valence-electron chi connectivity index (χ3n) is 8.26. The number of nitrogens with one attached hydrogen (secondary N) is 1. The van der Waals surface area contributed by atoms with Gasteiger partial charge in [0, 0.05) is 49.3 Å². The summed E-state index contributed by atoms with van der Waals surface area (Å²) < 4.78 is 5.68. The molecule has 0 unspecified atom stereocenters. The fourth-order valence-electron chi connectivity index (χ4n) is 5.82. The summed E-state index contributed by atoms with van der Waals surface area (Å²) in [5, 5.41) is 12.3. The Morgan fingerprint density at radius 2 is 1.85 bits per heavy atom. The molecule has 2 amide bonds. The number of hydrogen-bond donors (Lipinski definition) is 1. The largest absolute Gasteiger partial charge is 0.496 e. The number of anilines is 1. The van der Waals surface area contributed by atoms with Crippen LogP contribution in [-0.2, 0) is 9.59 Å². The lowest BCUT2D eigenvalue weighted by Crippen LogP contribution is -2.57. The average molecular weight is 465 g/mol. The van der Waals surface area contributed by atoms with Crippen molar-refractivity contribution in [1.29, 1.82) is 5.26 Å². The van der Waals surface area contributed by atoms with Gasteiger partial charge in [0.05, 0.1) is 13.2 Å². The van der Waals surface area contributed by atoms with E-state index in [1.165, 1.54) is 18.4 Å². The van der Waals surface area contributed by atoms with E-state index in [2.05, 4.69) is 41.4 Å². The van der Waals surface area contributed by atoms with Crippen LogP contribution in [0.15, 0.2) is 18.2 Å². The van der Waals surface area contributed by atoms with Crippen LogP contribution >= 0.6 is 0 Å². The van der Waals surface area contributed by atoms with E-state index in [9.17, 15) is 14.9 Å². The van der Waals surface area contributed by atoms with Crippen molar-refractivity contribution in [2.75, 3.05) is 31.6 Å². The standard InChI is InChI=1S/C27H36N4O3/c1-18-16-30(20-9-10-21(19-7-8-19)24(15-20)34-2)13-14-31(18)26(33)23-6-4-3-5-22(23)25(32)29-27(17-28)11-12-27/h9-10,15,18-19,22-23H,3-8,11-14,16H2,1-2H3,(H,29,32)/t18-,22-,23-/m1/s1. The van der Waals surface area contributed by atoms with Crippen molar-refractivity contribution in [1.82, 2.24) is 10.2 Å². The average Bonchev–Trinajstić information content (AvgIpc) is 3.79. The first-order chi connectivity index (χ1) is 16.4. The molecule has 4 fully saturated rings. The molecule has 4 aliphatic rings. The number of hydrogen-bond acceptors (Lipinski definition) is 5. The lowest BCUT2D eigenvalue weighted by atomic mass is 9.77. The summed E-state index contributed by atoms with van der Waals surface area (Å²) in [7, 11) is 1.74. The summed E-state index contributed by atoms with van der Waals surface area (Å²) in [5.41, 5.74) is 1.76. The number of methoxy groups -OCH3 is 1. The summed E-state index contributed by atoms with van der Waals surface area (Å²) in [6.07, 6.45) is 7.33. The fraction of sp³-hybridized carbons (Fsp3) is 0.667. The molecule has 7 nitrogen and oxygen atoms in total. The molecule has 3 aliphatic carbocycles. The van der Waals surface area contributed by atoms with E-state index >= 15 is 0 Å². The molecule has 0 aromatic heterocycles. The fourth-order valence-corrected chi connectivity index (χ4v) is 5.82. The highest BCUT2D eigenvalue weighted by Gasteiger charge is 2.48. The van der Waals surface area contributed by atoms with Gasteiger partial charge >= 0.3 is 0 Å². The van der Waals surface area contributed by atoms with Crippen molar-refractivity contribution < 1.29 is 14.3 Å². The van der Waals surface area contributed by atoms with Crippen LogP contribution in [0.1, 0.15) is 69.8 Å². The number of amides is 2. The van der Waals surface area contributed by atoms with Crippen molar-refractivity contribution in [3.8, 4) is 11.8 Å². The van der Waals surface area contributed by atoms with Crippen molar-refractivity contribution in [2.45, 2.75) is 75.8 Å². The first kappa shape index (κ1) is 23.0. The second kappa shape index (κ2) is 9.13. The zero-order chi connectivity index (χ0) is 23.9. The first-order valence-electron chi connectivity index (χ1n) is 12.9. The molecule has 3 atom stereocenters. The smallest absolute Gasteiger partial charge is 0.226 e. The molecule has 1 N–H and O–H groups in total. The van der Waals surface area contributed by atoms with Crippen LogP contribution in [0, 0.1) is 23.2 Å². The summed E-state index contributed by atoms with van der Waals surface area (Å²) >= 11 is 0. The Kier molecular flexibility index (Phi) is 6.18. The minimum absolute atomic E-state index is 0.0647. The molecule has 0 spiro atoms. The Morgan fingerprint density at radius 3 is 2.47 bits per heavy atom. The summed E-state index contributed by atoms with van der Waals surface area (Å²) in [6, 6.07) is 8.83. The molecule has 1 saturated heterocycles. The number of piperazine rings is 1. The number of rotatable bonds is 6. The van der Waals surface area contributed by atoms with Gasteiger partial charge in [0.15, 0.2) is 0 Å².